The lowest BCUT2D eigenvalue weighted by Crippen LogP contribution is -2.41. The van der Waals surface area contributed by atoms with Crippen LogP contribution in [0, 0.1) is 5.92 Å². The van der Waals surface area contributed by atoms with Gasteiger partial charge in [-0.1, -0.05) is 0 Å². The zero-order valence-corrected chi connectivity index (χ0v) is 12.7. The van der Waals surface area contributed by atoms with Crippen LogP contribution in [0.1, 0.15) is 29.6 Å². The van der Waals surface area contributed by atoms with Crippen molar-refractivity contribution in [1.29, 1.82) is 0 Å². The molecular weight excluding hydrogens is 284 g/mol. The highest BCUT2D eigenvalue weighted by atomic mass is 16.5. The molecule has 22 heavy (non-hydrogen) atoms. The van der Waals surface area contributed by atoms with Crippen molar-refractivity contribution in [2.24, 2.45) is 5.92 Å². The number of furan rings is 1. The molecule has 0 N–H and O–H groups in total. The SMILES string of the molecule is O=C(c1ccoc1)N1CCCN(C(=O)C2CCOCC2)CC1. The molecule has 0 radical (unpaired) electrons. The van der Waals surface area contributed by atoms with Gasteiger partial charge in [0.05, 0.1) is 11.8 Å². The standard InChI is InChI=1S/C16H22N2O4/c19-15(13-2-9-21-10-3-13)17-5-1-6-18(8-7-17)16(20)14-4-11-22-12-14/h4,11-13H,1-3,5-10H2. The first-order valence-electron chi connectivity index (χ1n) is 7.93. The number of hydrogen-bond acceptors (Lipinski definition) is 4. The van der Waals surface area contributed by atoms with Crippen LogP contribution < -0.4 is 0 Å². The summed E-state index contributed by atoms with van der Waals surface area (Å²) in [4.78, 5) is 28.6. The second kappa shape index (κ2) is 6.96. The molecule has 0 aliphatic carbocycles. The van der Waals surface area contributed by atoms with Gasteiger partial charge in [0.1, 0.15) is 6.26 Å². The van der Waals surface area contributed by atoms with Crippen molar-refractivity contribution < 1.29 is 18.7 Å². The molecule has 6 nitrogen and oxygen atoms in total. The van der Waals surface area contributed by atoms with E-state index in [1.54, 1.807) is 6.07 Å². The maximum atomic E-state index is 12.6. The molecule has 2 aliphatic rings. The zero-order valence-electron chi connectivity index (χ0n) is 12.7. The van der Waals surface area contributed by atoms with Crippen molar-refractivity contribution in [1.82, 2.24) is 9.80 Å². The first kappa shape index (κ1) is 15.1. The lowest BCUT2D eigenvalue weighted by molar-refractivity contribution is -0.138. The second-order valence-corrected chi connectivity index (χ2v) is 5.87. The predicted octanol–water partition coefficient (Wildman–Crippen LogP) is 1.38. The van der Waals surface area contributed by atoms with Gasteiger partial charge in [-0.15, -0.1) is 0 Å². The highest BCUT2D eigenvalue weighted by molar-refractivity contribution is 5.93. The monoisotopic (exact) mass is 306 g/mol. The molecular formula is C16H22N2O4. The number of amides is 2. The lowest BCUT2D eigenvalue weighted by Gasteiger charge is -2.28. The minimum Gasteiger partial charge on any atom is -0.472 e. The van der Waals surface area contributed by atoms with Crippen molar-refractivity contribution in [3.8, 4) is 0 Å². The van der Waals surface area contributed by atoms with Crippen LogP contribution in [0.5, 0.6) is 0 Å². The minimum absolute atomic E-state index is 0.0193. The van der Waals surface area contributed by atoms with Crippen molar-refractivity contribution >= 4 is 11.8 Å². The Labute approximate surface area is 130 Å². The molecule has 2 saturated heterocycles. The molecule has 0 atom stereocenters. The Morgan fingerprint density at radius 3 is 2.50 bits per heavy atom. The number of ether oxygens (including phenoxy) is 1. The Hall–Kier alpha value is -1.82. The van der Waals surface area contributed by atoms with Crippen LogP contribution in [-0.4, -0.2) is 61.0 Å². The number of hydrogen-bond donors (Lipinski definition) is 0. The average Bonchev–Trinajstić information content (AvgIpc) is 2.99. The third-order valence-electron chi connectivity index (χ3n) is 4.43. The van der Waals surface area contributed by atoms with Crippen LogP contribution in [-0.2, 0) is 9.53 Å². The Morgan fingerprint density at radius 2 is 1.77 bits per heavy atom. The Balaban J connectivity index is 1.57. The minimum atomic E-state index is -0.0193. The molecule has 2 fully saturated rings. The van der Waals surface area contributed by atoms with Gasteiger partial charge in [0.25, 0.3) is 5.91 Å². The van der Waals surface area contributed by atoms with Gasteiger partial charge in [0.2, 0.25) is 5.91 Å². The highest BCUT2D eigenvalue weighted by Gasteiger charge is 2.28. The zero-order chi connectivity index (χ0) is 15.4. The Bertz CT molecular complexity index is 508. The molecule has 6 heteroatoms. The van der Waals surface area contributed by atoms with Gasteiger partial charge < -0.3 is 19.0 Å². The van der Waals surface area contributed by atoms with Crippen LogP contribution in [0.15, 0.2) is 23.0 Å². The molecule has 0 spiro atoms. The summed E-state index contributed by atoms with van der Waals surface area (Å²) in [7, 11) is 0. The summed E-state index contributed by atoms with van der Waals surface area (Å²) in [6, 6.07) is 1.68. The van der Waals surface area contributed by atoms with Gasteiger partial charge in [-0.2, -0.15) is 0 Å². The van der Waals surface area contributed by atoms with E-state index in [9.17, 15) is 9.59 Å². The molecule has 0 bridgehead atoms. The molecule has 2 aliphatic heterocycles. The maximum Gasteiger partial charge on any atom is 0.257 e. The van der Waals surface area contributed by atoms with Crippen LogP contribution in [0.3, 0.4) is 0 Å². The van der Waals surface area contributed by atoms with E-state index in [1.807, 2.05) is 9.80 Å². The van der Waals surface area contributed by atoms with Crippen molar-refractivity contribution in [3.63, 3.8) is 0 Å². The average molecular weight is 306 g/mol. The maximum absolute atomic E-state index is 12.6. The molecule has 3 heterocycles. The predicted molar refractivity (Wildman–Crippen MR) is 79.4 cm³/mol. The molecule has 0 aromatic carbocycles. The summed E-state index contributed by atoms with van der Waals surface area (Å²) in [6.07, 6.45) is 5.42. The largest absolute Gasteiger partial charge is 0.472 e. The summed E-state index contributed by atoms with van der Waals surface area (Å²) >= 11 is 0. The van der Waals surface area contributed by atoms with Crippen LogP contribution in [0.2, 0.25) is 0 Å². The first-order chi connectivity index (χ1) is 10.8. The van der Waals surface area contributed by atoms with Crippen molar-refractivity contribution in [2.75, 3.05) is 39.4 Å². The number of carbonyl (C=O) groups is 2. The van der Waals surface area contributed by atoms with Crippen LogP contribution in [0.25, 0.3) is 0 Å². The lowest BCUT2D eigenvalue weighted by atomic mass is 9.98. The van der Waals surface area contributed by atoms with Gasteiger partial charge >= 0.3 is 0 Å². The number of rotatable bonds is 2. The van der Waals surface area contributed by atoms with Gasteiger partial charge in [-0.05, 0) is 25.3 Å². The summed E-state index contributed by atoms with van der Waals surface area (Å²) < 4.78 is 10.3. The summed E-state index contributed by atoms with van der Waals surface area (Å²) in [5, 5.41) is 0. The van der Waals surface area contributed by atoms with E-state index in [2.05, 4.69) is 0 Å². The van der Waals surface area contributed by atoms with Crippen LogP contribution >= 0.6 is 0 Å². The fourth-order valence-electron chi connectivity index (χ4n) is 3.11. The smallest absolute Gasteiger partial charge is 0.257 e. The van der Waals surface area contributed by atoms with E-state index in [-0.39, 0.29) is 17.7 Å². The van der Waals surface area contributed by atoms with E-state index in [0.717, 1.165) is 25.8 Å². The summed E-state index contributed by atoms with van der Waals surface area (Å²) in [5.41, 5.74) is 0.573. The van der Waals surface area contributed by atoms with Crippen molar-refractivity contribution in [3.05, 3.63) is 24.2 Å². The molecule has 0 unspecified atom stereocenters. The Morgan fingerprint density at radius 1 is 1.05 bits per heavy atom. The molecule has 2 amide bonds. The van der Waals surface area contributed by atoms with Crippen LogP contribution in [0.4, 0.5) is 0 Å². The van der Waals surface area contributed by atoms with Crippen molar-refractivity contribution in [2.45, 2.75) is 19.3 Å². The normalized spacial score (nSPS) is 20.7. The van der Waals surface area contributed by atoms with E-state index in [0.29, 0.717) is 38.4 Å². The quantitative estimate of drug-likeness (QED) is 0.828. The van der Waals surface area contributed by atoms with Gasteiger partial charge in [0, 0.05) is 45.3 Å². The number of nitrogens with zero attached hydrogens (tertiary/aromatic N) is 2. The first-order valence-corrected chi connectivity index (χ1v) is 7.93. The van der Waals surface area contributed by atoms with E-state index < -0.39 is 0 Å². The Kier molecular flexibility index (Phi) is 4.77. The fourth-order valence-corrected chi connectivity index (χ4v) is 3.11. The summed E-state index contributed by atoms with van der Waals surface area (Å²) in [5.74, 6) is 0.292. The second-order valence-electron chi connectivity index (χ2n) is 5.87. The third kappa shape index (κ3) is 3.32. The molecule has 0 saturated carbocycles. The molecule has 3 rings (SSSR count). The topological polar surface area (TPSA) is 63.0 Å². The highest BCUT2D eigenvalue weighted by Crippen LogP contribution is 2.19. The fraction of sp³-hybridized carbons (Fsp3) is 0.625. The molecule has 120 valence electrons. The van der Waals surface area contributed by atoms with Gasteiger partial charge in [-0.25, -0.2) is 0 Å². The number of carbonyl (C=O) groups excluding carboxylic acids is 2. The molecule has 1 aromatic heterocycles. The van der Waals surface area contributed by atoms with Gasteiger partial charge in [0.15, 0.2) is 0 Å². The summed E-state index contributed by atoms with van der Waals surface area (Å²) in [6.45, 7) is 3.95. The third-order valence-corrected chi connectivity index (χ3v) is 4.43. The van der Waals surface area contributed by atoms with Gasteiger partial charge in [-0.3, -0.25) is 9.59 Å². The van der Waals surface area contributed by atoms with E-state index in [4.69, 9.17) is 9.15 Å². The molecule has 1 aromatic rings. The van der Waals surface area contributed by atoms with E-state index in [1.165, 1.54) is 12.5 Å². The van der Waals surface area contributed by atoms with E-state index >= 15 is 0 Å².